The molecule has 1 saturated heterocycles. The number of ether oxygens (including phenoxy) is 4. The molecule has 0 aromatic carbocycles. The van der Waals surface area contributed by atoms with Crippen LogP contribution in [-0.2, 0) is 28.5 Å². The fourth-order valence-electron chi connectivity index (χ4n) is 8.90. The molecule has 8 nitrogen and oxygen atoms in total. The highest BCUT2D eigenvalue weighted by Gasteiger charge is 2.40. The number of aliphatic hydroxyl groups is 1. The SMILES string of the molecule is CCCCCCCCCC(=O)OC(CCCCCC1(CCCCCC(CSCCCCCC)OC(=O)CCCCCCCCC)OCC(CN(C)CCCCO)O1)CSCCCCCC. The summed E-state index contributed by atoms with van der Waals surface area (Å²) >= 11 is 3.92. The van der Waals surface area contributed by atoms with Crippen LogP contribution in [0, 0.1) is 0 Å². The Bertz CT molecular complexity index is 991. The molecule has 1 heterocycles. The second-order valence-electron chi connectivity index (χ2n) is 19.6. The quantitative estimate of drug-likeness (QED) is 0.0469. The van der Waals surface area contributed by atoms with E-state index in [2.05, 4.69) is 39.6 Å². The Labute approximate surface area is 411 Å². The average molecular weight is 959 g/mol. The Morgan fingerprint density at radius 1 is 0.569 bits per heavy atom. The summed E-state index contributed by atoms with van der Waals surface area (Å²) in [7, 11) is 2.14. The number of unbranched alkanes of at least 4 members (excludes halogenated alkanes) is 23. The number of nitrogens with zero attached hydrogens (tertiary/aromatic N) is 1. The van der Waals surface area contributed by atoms with Gasteiger partial charge in [0, 0.05) is 50.3 Å². The summed E-state index contributed by atoms with van der Waals surface area (Å²) in [5.74, 6) is 3.50. The van der Waals surface area contributed by atoms with Gasteiger partial charge >= 0.3 is 11.9 Å². The number of esters is 2. The van der Waals surface area contributed by atoms with Gasteiger partial charge in [-0.3, -0.25) is 9.59 Å². The van der Waals surface area contributed by atoms with Crippen molar-refractivity contribution in [3.05, 3.63) is 0 Å². The average Bonchev–Trinajstić information content (AvgIpc) is 3.69. The van der Waals surface area contributed by atoms with E-state index in [0.717, 1.165) is 139 Å². The molecule has 0 saturated carbocycles. The van der Waals surface area contributed by atoms with E-state index in [1.165, 1.54) is 116 Å². The van der Waals surface area contributed by atoms with E-state index in [-0.39, 0.29) is 36.9 Å². The fraction of sp³-hybridized carbons (Fsp3) is 0.964. The van der Waals surface area contributed by atoms with Crippen LogP contribution in [0.5, 0.6) is 0 Å². The Kier molecular flexibility index (Phi) is 44.1. The molecule has 3 unspecified atom stereocenters. The molecule has 3 atom stereocenters. The van der Waals surface area contributed by atoms with Gasteiger partial charge in [-0.2, -0.15) is 23.5 Å². The molecule has 1 N–H and O–H groups in total. The third-order valence-corrected chi connectivity index (χ3v) is 15.4. The maximum Gasteiger partial charge on any atom is 0.306 e. The van der Waals surface area contributed by atoms with Crippen molar-refractivity contribution in [1.29, 1.82) is 0 Å². The highest BCUT2D eigenvalue weighted by atomic mass is 32.2. The van der Waals surface area contributed by atoms with Crippen molar-refractivity contribution < 1.29 is 33.6 Å². The largest absolute Gasteiger partial charge is 0.461 e. The fourth-order valence-corrected chi connectivity index (χ4v) is 11.0. The number of aliphatic hydroxyl groups excluding tert-OH is 1. The maximum absolute atomic E-state index is 13.0. The summed E-state index contributed by atoms with van der Waals surface area (Å²) in [5.41, 5.74) is 0. The molecule has 10 heteroatoms. The summed E-state index contributed by atoms with van der Waals surface area (Å²) in [6.45, 7) is 11.6. The van der Waals surface area contributed by atoms with Gasteiger partial charge in [0.1, 0.15) is 12.2 Å². The lowest BCUT2D eigenvalue weighted by Gasteiger charge is -2.29. The molecular weight excluding hydrogens is 851 g/mol. The molecule has 0 spiro atoms. The molecule has 0 aromatic heterocycles. The minimum atomic E-state index is -0.565. The molecule has 1 rings (SSSR count). The zero-order valence-electron chi connectivity index (χ0n) is 43.5. The van der Waals surface area contributed by atoms with Crippen molar-refractivity contribution >= 4 is 35.5 Å². The van der Waals surface area contributed by atoms with Crippen molar-refractivity contribution in [2.24, 2.45) is 0 Å². The summed E-state index contributed by atoms with van der Waals surface area (Å²) in [6.07, 6.45) is 39.8. The van der Waals surface area contributed by atoms with Crippen molar-refractivity contribution in [2.75, 3.05) is 56.4 Å². The zero-order valence-corrected chi connectivity index (χ0v) is 45.1. The van der Waals surface area contributed by atoms with E-state index >= 15 is 0 Å². The monoisotopic (exact) mass is 958 g/mol. The minimum absolute atomic E-state index is 0.00945. The third kappa shape index (κ3) is 38.0. The van der Waals surface area contributed by atoms with Crippen LogP contribution in [0.3, 0.4) is 0 Å². The van der Waals surface area contributed by atoms with Crippen LogP contribution in [0.2, 0.25) is 0 Å². The molecular formula is C55H107NO7S2. The lowest BCUT2D eigenvalue weighted by molar-refractivity contribution is -0.180. The molecule has 0 amide bonds. The first-order valence-electron chi connectivity index (χ1n) is 28.0. The summed E-state index contributed by atoms with van der Waals surface area (Å²) in [5, 5.41) is 9.29. The lowest BCUT2D eigenvalue weighted by Crippen LogP contribution is -2.35. The highest BCUT2D eigenvalue weighted by Crippen LogP contribution is 2.35. The Morgan fingerprint density at radius 2 is 0.985 bits per heavy atom. The molecule has 386 valence electrons. The standard InChI is InChI=1S/C55H107NO7S2/c1-6-10-14-18-20-22-28-38-53(58)61-50(48-64-44-34-16-12-8-3)36-26-24-30-40-55(60-47-52(63-55)46-56(5)42-32-33-43-57)41-31-25-27-37-51(49-65-45-35-17-13-9-4)62-54(59)39-29-23-21-19-15-11-7-2/h50-52,57H,6-49H2,1-5H3. The van der Waals surface area contributed by atoms with E-state index in [4.69, 9.17) is 18.9 Å². The van der Waals surface area contributed by atoms with Crippen LogP contribution < -0.4 is 0 Å². The normalized spacial score (nSPS) is 17.2. The second-order valence-corrected chi connectivity index (χ2v) is 21.9. The van der Waals surface area contributed by atoms with Crippen molar-refractivity contribution in [1.82, 2.24) is 4.90 Å². The van der Waals surface area contributed by atoms with Crippen LogP contribution in [0.4, 0.5) is 0 Å². The van der Waals surface area contributed by atoms with Gasteiger partial charge in [-0.25, -0.2) is 0 Å². The van der Waals surface area contributed by atoms with E-state index < -0.39 is 5.79 Å². The third-order valence-electron chi connectivity index (χ3n) is 13.0. The van der Waals surface area contributed by atoms with E-state index in [0.29, 0.717) is 19.4 Å². The van der Waals surface area contributed by atoms with Gasteiger partial charge in [-0.15, -0.1) is 0 Å². The van der Waals surface area contributed by atoms with Gasteiger partial charge < -0.3 is 29.0 Å². The minimum Gasteiger partial charge on any atom is -0.461 e. The highest BCUT2D eigenvalue weighted by molar-refractivity contribution is 7.99. The van der Waals surface area contributed by atoms with Crippen LogP contribution in [0.25, 0.3) is 0 Å². The predicted octanol–water partition coefficient (Wildman–Crippen LogP) is 15.4. The molecule has 0 bridgehead atoms. The van der Waals surface area contributed by atoms with E-state index in [1.807, 2.05) is 23.5 Å². The van der Waals surface area contributed by atoms with Crippen LogP contribution in [0.15, 0.2) is 0 Å². The van der Waals surface area contributed by atoms with Gasteiger partial charge in [0.05, 0.1) is 12.7 Å². The Morgan fingerprint density at radius 3 is 1.43 bits per heavy atom. The molecule has 1 aliphatic rings. The van der Waals surface area contributed by atoms with Crippen LogP contribution >= 0.6 is 23.5 Å². The summed E-state index contributed by atoms with van der Waals surface area (Å²) in [4.78, 5) is 28.2. The smallest absolute Gasteiger partial charge is 0.306 e. The number of likely N-dealkylation sites (N-methyl/N-ethyl adjacent to an activating group) is 1. The number of hydrogen-bond donors (Lipinski definition) is 1. The molecule has 0 aliphatic carbocycles. The topological polar surface area (TPSA) is 94.5 Å². The van der Waals surface area contributed by atoms with Crippen molar-refractivity contribution in [3.8, 4) is 0 Å². The van der Waals surface area contributed by atoms with Gasteiger partial charge in [0.15, 0.2) is 5.79 Å². The number of carbonyl (C=O) groups is 2. The zero-order chi connectivity index (χ0) is 47.3. The van der Waals surface area contributed by atoms with Crippen LogP contribution in [-0.4, -0.2) is 102 Å². The van der Waals surface area contributed by atoms with Gasteiger partial charge in [0.25, 0.3) is 0 Å². The molecule has 1 fully saturated rings. The molecule has 1 aliphatic heterocycles. The lowest BCUT2D eigenvalue weighted by atomic mass is 9.99. The first kappa shape index (κ1) is 62.5. The van der Waals surface area contributed by atoms with Gasteiger partial charge in [0.2, 0.25) is 0 Å². The second kappa shape index (κ2) is 45.9. The number of hydrogen-bond acceptors (Lipinski definition) is 10. The predicted molar refractivity (Wildman–Crippen MR) is 281 cm³/mol. The van der Waals surface area contributed by atoms with Crippen molar-refractivity contribution in [2.45, 2.75) is 283 Å². The van der Waals surface area contributed by atoms with E-state index in [9.17, 15) is 14.7 Å². The first-order valence-corrected chi connectivity index (χ1v) is 30.3. The number of carbonyl (C=O) groups excluding carboxylic acids is 2. The van der Waals surface area contributed by atoms with Crippen LogP contribution in [0.1, 0.15) is 259 Å². The van der Waals surface area contributed by atoms with E-state index in [1.54, 1.807) is 0 Å². The summed E-state index contributed by atoms with van der Waals surface area (Å²) < 4.78 is 25.8. The Balaban J connectivity index is 2.76. The molecule has 65 heavy (non-hydrogen) atoms. The van der Waals surface area contributed by atoms with Gasteiger partial charge in [-0.1, -0.05) is 156 Å². The number of thioether (sulfide) groups is 2. The Hall–Kier alpha value is -0.520. The van der Waals surface area contributed by atoms with Gasteiger partial charge in [-0.05, 0) is 102 Å². The van der Waals surface area contributed by atoms with Crippen molar-refractivity contribution in [3.63, 3.8) is 0 Å². The first-order chi connectivity index (χ1) is 31.8. The number of rotatable bonds is 50. The summed E-state index contributed by atoms with van der Waals surface area (Å²) in [6, 6.07) is 0. The molecule has 0 radical (unpaired) electrons. The maximum atomic E-state index is 13.0. The molecule has 0 aromatic rings.